The van der Waals surface area contributed by atoms with Crippen LogP contribution in [0.5, 0.6) is 11.5 Å². The molecule has 3 aromatic rings. The zero-order chi connectivity index (χ0) is 36.2. The lowest BCUT2D eigenvalue weighted by Crippen LogP contribution is -2.53. The van der Waals surface area contributed by atoms with Gasteiger partial charge in [-0.25, -0.2) is 4.79 Å². The van der Waals surface area contributed by atoms with Gasteiger partial charge in [-0.1, -0.05) is 65.2 Å². The number of nitrogens with zero attached hydrogens (tertiary/aromatic N) is 2. The standard InChI is InChI=1S/C37H33Cl2N3O9/c1-49-21-10-7-19(8-11-21)37-26(33(45)42(35(37)47)40-28-14-9-20(38)17-27(28)39)18-25-22(31(37)23-5-3-4-6-29(23)51-16-15-43)12-13-24-30(25)34(46)41(32(24)44)36(48)50-2/h3-12,14,17,24-26,30-31,40,43H,13,15-16,18H2,1-2H3. The van der Waals surface area contributed by atoms with Gasteiger partial charge in [0.1, 0.15) is 18.1 Å². The van der Waals surface area contributed by atoms with Crippen molar-refractivity contribution in [3.8, 4) is 11.5 Å². The number of hydrazine groups is 1. The van der Waals surface area contributed by atoms with Crippen LogP contribution in [0.2, 0.25) is 10.0 Å². The molecule has 4 aliphatic rings. The zero-order valence-electron chi connectivity index (χ0n) is 27.5. The van der Waals surface area contributed by atoms with E-state index >= 15 is 4.79 Å². The summed E-state index contributed by atoms with van der Waals surface area (Å²) in [6.45, 7) is -0.330. The molecule has 3 aromatic carbocycles. The summed E-state index contributed by atoms with van der Waals surface area (Å²) in [6, 6.07) is 18.6. The van der Waals surface area contributed by atoms with Crippen LogP contribution in [-0.4, -0.2) is 72.2 Å². The lowest BCUT2D eigenvalue weighted by Gasteiger charge is -2.50. The van der Waals surface area contributed by atoms with Crippen molar-refractivity contribution < 1.29 is 43.3 Å². The molecule has 12 nitrogen and oxygen atoms in total. The van der Waals surface area contributed by atoms with Crippen LogP contribution in [0, 0.1) is 23.7 Å². The maximum Gasteiger partial charge on any atom is 0.423 e. The number of imide groups is 4. The highest BCUT2D eigenvalue weighted by Gasteiger charge is 2.71. The number of fused-ring (bicyclic) bond motifs is 4. The molecule has 0 spiro atoms. The summed E-state index contributed by atoms with van der Waals surface area (Å²) in [6.07, 6.45) is 0.890. The number of rotatable bonds is 8. The summed E-state index contributed by atoms with van der Waals surface area (Å²) in [4.78, 5) is 70.9. The number of likely N-dealkylation sites (tertiary alicyclic amines) is 1. The number of amides is 5. The molecule has 264 valence electrons. The van der Waals surface area contributed by atoms with Crippen LogP contribution in [0.3, 0.4) is 0 Å². The van der Waals surface area contributed by atoms with Gasteiger partial charge in [-0.3, -0.25) is 24.6 Å². The van der Waals surface area contributed by atoms with E-state index in [-0.39, 0.29) is 36.8 Å². The summed E-state index contributed by atoms with van der Waals surface area (Å²) in [5.74, 6) is -6.23. The fourth-order valence-electron chi connectivity index (χ4n) is 8.47. The average Bonchev–Trinajstić information content (AvgIpc) is 3.52. The number of para-hydroxylation sites is 1. The number of nitrogens with one attached hydrogen (secondary N) is 1. The minimum absolute atomic E-state index is 0.000327. The molecule has 7 rings (SSSR count). The first kappa shape index (κ1) is 34.5. The Labute approximate surface area is 302 Å². The lowest BCUT2D eigenvalue weighted by atomic mass is 9.49. The fraction of sp³-hybridized carbons (Fsp3) is 0.324. The number of anilines is 1. The van der Waals surface area contributed by atoms with Crippen LogP contribution in [0.1, 0.15) is 29.9 Å². The maximum atomic E-state index is 15.4. The van der Waals surface area contributed by atoms with E-state index in [1.807, 2.05) is 6.08 Å². The first-order chi connectivity index (χ1) is 24.6. The number of carbonyl (C=O) groups excluding carboxylic acids is 5. The molecule has 2 aliphatic heterocycles. The SMILES string of the molecule is COC(=O)N1C(=O)C2CC=C3C(CC4C(=O)N(Nc5ccc(Cl)cc5Cl)C(=O)C4(c4ccc(OC)cc4)C3c3ccccc3OCCO)C2C1=O. The molecule has 0 radical (unpaired) electrons. The van der Waals surface area contributed by atoms with E-state index in [1.54, 1.807) is 60.7 Å². The van der Waals surface area contributed by atoms with Crippen molar-refractivity contribution >= 4 is 58.6 Å². The molecule has 2 N–H and O–H groups in total. The molecule has 5 amide bonds. The van der Waals surface area contributed by atoms with Gasteiger partial charge in [0, 0.05) is 16.5 Å². The molecule has 2 saturated heterocycles. The van der Waals surface area contributed by atoms with Gasteiger partial charge in [0.05, 0.1) is 54.7 Å². The molecule has 1 saturated carbocycles. The van der Waals surface area contributed by atoms with Crippen molar-refractivity contribution in [2.45, 2.75) is 24.2 Å². The predicted molar refractivity (Wildman–Crippen MR) is 184 cm³/mol. The van der Waals surface area contributed by atoms with Crippen LogP contribution in [0.4, 0.5) is 10.5 Å². The molecule has 2 heterocycles. The van der Waals surface area contributed by atoms with E-state index in [9.17, 15) is 24.3 Å². The van der Waals surface area contributed by atoms with Gasteiger partial charge in [0.25, 0.3) is 11.8 Å². The van der Waals surface area contributed by atoms with Crippen LogP contribution in [0.15, 0.2) is 78.4 Å². The number of benzene rings is 3. The quantitative estimate of drug-likeness (QED) is 0.236. The lowest BCUT2D eigenvalue weighted by molar-refractivity contribution is -0.140. The van der Waals surface area contributed by atoms with Crippen molar-refractivity contribution in [3.63, 3.8) is 0 Å². The van der Waals surface area contributed by atoms with E-state index in [4.69, 9.17) is 37.4 Å². The second-order valence-electron chi connectivity index (χ2n) is 12.8. The van der Waals surface area contributed by atoms with Gasteiger partial charge < -0.3 is 19.3 Å². The highest BCUT2D eigenvalue weighted by Crippen LogP contribution is 2.65. The normalized spacial score (nSPS) is 26.7. The summed E-state index contributed by atoms with van der Waals surface area (Å²) in [5.41, 5.74) is 3.29. The molecule has 6 atom stereocenters. The number of aliphatic hydroxyl groups is 1. The van der Waals surface area contributed by atoms with Crippen molar-refractivity contribution in [2.75, 3.05) is 32.9 Å². The summed E-state index contributed by atoms with van der Waals surface area (Å²) >= 11 is 12.7. The van der Waals surface area contributed by atoms with E-state index < -0.39 is 64.7 Å². The Bertz CT molecular complexity index is 1990. The number of hydrogen-bond donors (Lipinski definition) is 2. The summed E-state index contributed by atoms with van der Waals surface area (Å²) in [7, 11) is 2.61. The Balaban J connectivity index is 1.47. The van der Waals surface area contributed by atoms with Crippen molar-refractivity contribution in [1.29, 1.82) is 0 Å². The maximum absolute atomic E-state index is 15.4. The predicted octanol–water partition coefficient (Wildman–Crippen LogP) is 5.12. The van der Waals surface area contributed by atoms with Gasteiger partial charge in [-0.15, -0.1) is 0 Å². The number of methoxy groups -OCH3 is 2. The minimum atomic E-state index is -1.61. The number of ether oxygens (including phenoxy) is 3. The molecular formula is C37H33Cl2N3O9. The smallest absolute Gasteiger partial charge is 0.423 e. The number of carbonyl (C=O) groups is 5. The van der Waals surface area contributed by atoms with Gasteiger partial charge >= 0.3 is 6.09 Å². The fourth-order valence-corrected chi connectivity index (χ4v) is 8.92. The van der Waals surface area contributed by atoms with Crippen molar-refractivity contribution in [2.24, 2.45) is 23.7 Å². The average molecular weight is 735 g/mol. The molecule has 2 aliphatic carbocycles. The van der Waals surface area contributed by atoms with E-state index in [2.05, 4.69) is 5.43 Å². The number of halogens is 2. The Morgan fingerprint density at radius 2 is 1.71 bits per heavy atom. The molecule has 14 heteroatoms. The minimum Gasteiger partial charge on any atom is -0.497 e. The zero-order valence-corrected chi connectivity index (χ0v) is 29.0. The van der Waals surface area contributed by atoms with Gasteiger partial charge in [0.15, 0.2) is 0 Å². The second kappa shape index (κ2) is 13.3. The third-order valence-electron chi connectivity index (χ3n) is 10.5. The highest BCUT2D eigenvalue weighted by molar-refractivity contribution is 6.36. The van der Waals surface area contributed by atoms with Crippen LogP contribution in [-0.2, 0) is 29.3 Å². The van der Waals surface area contributed by atoms with Crippen molar-refractivity contribution in [3.05, 3.63) is 99.6 Å². The molecule has 0 aromatic heterocycles. The largest absolute Gasteiger partial charge is 0.497 e. The molecule has 3 fully saturated rings. The van der Waals surface area contributed by atoms with Crippen LogP contribution >= 0.6 is 23.2 Å². The van der Waals surface area contributed by atoms with Gasteiger partial charge in [0.2, 0.25) is 11.8 Å². The number of hydrogen-bond acceptors (Lipinski definition) is 10. The van der Waals surface area contributed by atoms with E-state index in [0.29, 0.717) is 38.1 Å². The molecule has 51 heavy (non-hydrogen) atoms. The topological polar surface area (TPSA) is 152 Å². The van der Waals surface area contributed by atoms with Gasteiger partial charge in [-0.2, -0.15) is 9.91 Å². The summed E-state index contributed by atoms with van der Waals surface area (Å²) in [5, 5.41) is 11.2. The van der Waals surface area contributed by atoms with E-state index in [1.165, 1.54) is 13.2 Å². The highest BCUT2D eigenvalue weighted by atomic mass is 35.5. The Kier molecular flexibility index (Phi) is 9.03. The molecular weight excluding hydrogens is 701 g/mol. The third kappa shape index (κ3) is 5.27. The van der Waals surface area contributed by atoms with Gasteiger partial charge in [-0.05, 0) is 60.7 Å². The molecule has 0 bridgehead atoms. The number of aliphatic hydroxyl groups excluding tert-OH is 1. The summed E-state index contributed by atoms with van der Waals surface area (Å²) < 4.78 is 16.3. The van der Waals surface area contributed by atoms with E-state index in [0.717, 1.165) is 12.1 Å². The van der Waals surface area contributed by atoms with Crippen molar-refractivity contribution in [1.82, 2.24) is 9.91 Å². The van der Waals surface area contributed by atoms with Crippen LogP contribution in [0.25, 0.3) is 0 Å². The first-order valence-electron chi connectivity index (χ1n) is 16.3. The monoisotopic (exact) mass is 733 g/mol. The van der Waals surface area contributed by atoms with Crippen LogP contribution < -0.4 is 14.9 Å². The molecule has 6 unspecified atom stereocenters. The first-order valence-corrected chi connectivity index (χ1v) is 17.1. The number of allylic oxidation sites excluding steroid dienone is 2. The second-order valence-corrected chi connectivity index (χ2v) is 13.6. The third-order valence-corrected chi connectivity index (χ3v) is 11.1. The Hall–Kier alpha value is -4.91. The Morgan fingerprint density at radius 1 is 0.961 bits per heavy atom. The Morgan fingerprint density at radius 3 is 2.39 bits per heavy atom.